The number of aldehydes is 1. The molecule has 0 N–H and O–H groups in total. The molecular formula is C23H28N2O2. The number of fused-ring (bicyclic) bond motifs is 1. The second-order valence-corrected chi connectivity index (χ2v) is 7.76. The summed E-state index contributed by atoms with van der Waals surface area (Å²) in [7, 11) is 0. The van der Waals surface area contributed by atoms with E-state index in [9.17, 15) is 4.79 Å². The largest absolute Gasteiger partial charge is 0.492 e. The smallest absolute Gasteiger partial charge is 0.131 e. The number of rotatable bonds is 6. The second kappa shape index (κ2) is 8.55. The van der Waals surface area contributed by atoms with Crippen molar-refractivity contribution in [3.63, 3.8) is 0 Å². The number of ether oxygens (including phenoxy) is 1. The molecule has 1 heterocycles. The lowest BCUT2D eigenvalue weighted by Gasteiger charge is -2.27. The summed E-state index contributed by atoms with van der Waals surface area (Å²) < 4.78 is 7.91. The van der Waals surface area contributed by atoms with Gasteiger partial charge in [-0.2, -0.15) is 0 Å². The number of carbonyl (C=O) groups is 1. The van der Waals surface area contributed by atoms with E-state index in [2.05, 4.69) is 23.2 Å². The summed E-state index contributed by atoms with van der Waals surface area (Å²) in [5, 5.41) is 0. The summed E-state index contributed by atoms with van der Waals surface area (Å²) in [4.78, 5) is 15.9. The molecule has 1 aromatic carbocycles. The molecule has 1 aromatic heterocycles. The van der Waals surface area contributed by atoms with Crippen LogP contribution < -0.4 is 4.74 Å². The van der Waals surface area contributed by atoms with E-state index in [-0.39, 0.29) is 5.92 Å². The van der Waals surface area contributed by atoms with Crippen molar-refractivity contribution >= 4 is 6.29 Å². The molecule has 1 saturated carbocycles. The Morgan fingerprint density at radius 2 is 2.07 bits per heavy atom. The Hall–Kier alpha value is -2.36. The monoisotopic (exact) mass is 364 g/mol. The molecule has 0 saturated heterocycles. The molecule has 1 fully saturated rings. The molecule has 0 aliphatic heterocycles. The van der Waals surface area contributed by atoms with E-state index in [1.54, 1.807) is 12.5 Å². The standard InChI is InChI=1S/C23H28N2O2/c26-16-23-19(14-18-4-2-1-3-5-18)6-7-20-15-21(8-9-22(20)23)27-13-12-25-11-10-24-17-25/h8-11,14-18,23H,1-7,12-13H2/b19-14+. The number of allylic oxidation sites excluding steroid dienone is 2. The Labute approximate surface area is 161 Å². The van der Waals surface area contributed by atoms with E-state index in [1.807, 2.05) is 16.8 Å². The summed E-state index contributed by atoms with van der Waals surface area (Å²) in [5.41, 5.74) is 3.76. The highest BCUT2D eigenvalue weighted by atomic mass is 16.5. The molecule has 27 heavy (non-hydrogen) atoms. The van der Waals surface area contributed by atoms with Crippen LogP contribution in [0, 0.1) is 5.92 Å². The fourth-order valence-corrected chi connectivity index (χ4v) is 4.47. The van der Waals surface area contributed by atoms with Crippen LogP contribution in [0.2, 0.25) is 0 Å². The van der Waals surface area contributed by atoms with Gasteiger partial charge in [-0.25, -0.2) is 4.98 Å². The third-order valence-corrected chi connectivity index (χ3v) is 5.95. The van der Waals surface area contributed by atoms with Crippen molar-refractivity contribution in [1.29, 1.82) is 0 Å². The van der Waals surface area contributed by atoms with Gasteiger partial charge in [-0.15, -0.1) is 0 Å². The zero-order valence-electron chi connectivity index (χ0n) is 15.8. The van der Waals surface area contributed by atoms with Gasteiger partial charge >= 0.3 is 0 Å². The Morgan fingerprint density at radius 1 is 1.19 bits per heavy atom. The number of benzene rings is 1. The van der Waals surface area contributed by atoms with Crippen LogP contribution in [0.5, 0.6) is 5.75 Å². The van der Waals surface area contributed by atoms with Crippen molar-refractivity contribution < 1.29 is 9.53 Å². The molecule has 0 amide bonds. The summed E-state index contributed by atoms with van der Waals surface area (Å²) in [6, 6.07) is 6.22. The van der Waals surface area contributed by atoms with E-state index in [1.165, 1.54) is 48.8 Å². The van der Waals surface area contributed by atoms with Crippen molar-refractivity contribution in [3.8, 4) is 5.75 Å². The normalized spacial score (nSPS) is 21.8. The first-order valence-corrected chi connectivity index (χ1v) is 10.2. The number of hydrogen-bond donors (Lipinski definition) is 0. The first-order chi connectivity index (χ1) is 13.3. The molecule has 0 spiro atoms. The van der Waals surface area contributed by atoms with Crippen LogP contribution >= 0.6 is 0 Å². The zero-order valence-corrected chi connectivity index (χ0v) is 15.8. The van der Waals surface area contributed by atoms with Gasteiger partial charge in [0.25, 0.3) is 0 Å². The number of aromatic nitrogens is 2. The molecule has 1 unspecified atom stereocenters. The highest BCUT2D eigenvalue weighted by Gasteiger charge is 2.25. The SMILES string of the molecule is O=CC1/C(=C/C2CCCCC2)CCc2cc(OCCn3ccnc3)ccc21. The first-order valence-electron chi connectivity index (χ1n) is 10.2. The number of carbonyl (C=O) groups excluding carboxylic acids is 1. The maximum atomic E-state index is 11.9. The number of nitrogens with zero attached hydrogens (tertiary/aromatic N) is 2. The maximum Gasteiger partial charge on any atom is 0.131 e. The van der Waals surface area contributed by atoms with Gasteiger partial charge < -0.3 is 14.1 Å². The van der Waals surface area contributed by atoms with Crippen molar-refractivity contribution in [2.45, 2.75) is 57.4 Å². The first kappa shape index (κ1) is 18.0. The lowest BCUT2D eigenvalue weighted by atomic mass is 9.77. The highest BCUT2D eigenvalue weighted by Crippen LogP contribution is 2.38. The van der Waals surface area contributed by atoms with E-state index in [0.29, 0.717) is 12.5 Å². The minimum atomic E-state index is -0.0734. The number of hydrogen-bond acceptors (Lipinski definition) is 3. The predicted molar refractivity (Wildman–Crippen MR) is 106 cm³/mol. The molecule has 2 aliphatic carbocycles. The minimum absolute atomic E-state index is 0.0734. The fraction of sp³-hybridized carbons (Fsp3) is 0.478. The molecule has 4 rings (SSSR count). The molecule has 2 aromatic rings. The van der Waals surface area contributed by atoms with Gasteiger partial charge in [-0.3, -0.25) is 0 Å². The average Bonchev–Trinajstić information content (AvgIpc) is 3.22. The van der Waals surface area contributed by atoms with Crippen LogP contribution in [0.15, 0.2) is 48.6 Å². The Bertz CT molecular complexity index is 789. The van der Waals surface area contributed by atoms with Crippen LogP contribution in [-0.4, -0.2) is 22.4 Å². The molecular weight excluding hydrogens is 336 g/mol. The van der Waals surface area contributed by atoms with Gasteiger partial charge in [-0.05, 0) is 54.9 Å². The fourth-order valence-electron chi connectivity index (χ4n) is 4.47. The zero-order chi connectivity index (χ0) is 18.5. The average molecular weight is 364 g/mol. The van der Waals surface area contributed by atoms with E-state index < -0.39 is 0 Å². The Morgan fingerprint density at radius 3 is 2.85 bits per heavy atom. The lowest BCUT2D eigenvalue weighted by molar-refractivity contribution is -0.108. The predicted octanol–water partition coefficient (Wildman–Crippen LogP) is 4.70. The second-order valence-electron chi connectivity index (χ2n) is 7.76. The van der Waals surface area contributed by atoms with Gasteiger partial charge in [0.15, 0.2) is 0 Å². The van der Waals surface area contributed by atoms with Crippen molar-refractivity contribution in [1.82, 2.24) is 9.55 Å². The molecule has 0 bridgehead atoms. The van der Waals surface area contributed by atoms with E-state index in [4.69, 9.17) is 4.74 Å². The minimum Gasteiger partial charge on any atom is -0.492 e. The topological polar surface area (TPSA) is 44.1 Å². The maximum absolute atomic E-state index is 11.9. The van der Waals surface area contributed by atoms with Gasteiger partial charge in [0.2, 0.25) is 0 Å². The van der Waals surface area contributed by atoms with Gasteiger partial charge in [0.1, 0.15) is 18.6 Å². The Kier molecular flexibility index (Phi) is 5.71. The summed E-state index contributed by atoms with van der Waals surface area (Å²) >= 11 is 0. The van der Waals surface area contributed by atoms with Gasteiger partial charge in [0, 0.05) is 12.4 Å². The molecule has 0 radical (unpaired) electrons. The van der Waals surface area contributed by atoms with Crippen LogP contribution in [0.1, 0.15) is 55.6 Å². The lowest BCUT2D eigenvalue weighted by Crippen LogP contribution is -2.16. The van der Waals surface area contributed by atoms with E-state index >= 15 is 0 Å². The number of imidazole rings is 1. The van der Waals surface area contributed by atoms with Crippen LogP contribution in [0.4, 0.5) is 0 Å². The molecule has 4 nitrogen and oxygen atoms in total. The van der Waals surface area contributed by atoms with Crippen molar-refractivity contribution in [2.24, 2.45) is 5.92 Å². The summed E-state index contributed by atoms with van der Waals surface area (Å²) in [6.07, 6.45) is 17.6. The summed E-state index contributed by atoms with van der Waals surface area (Å²) in [6.45, 7) is 1.39. The Balaban J connectivity index is 1.44. The van der Waals surface area contributed by atoms with Crippen LogP contribution in [0.25, 0.3) is 0 Å². The van der Waals surface area contributed by atoms with Crippen LogP contribution in [-0.2, 0) is 17.8 Å². The van der Waals surface area contributed by atoms with Gasteiger partial charge in [-0.1, -0.05) is 37.0 Å². The molecule has 142 valence electrons. The van der Waals surface area contributed by atoms with Crippen molar-refractivity contribution in [3.05, 3.63) is 59.7 Å². The molecule has 2 aliphatic rings. The quantitative estimate of drug-likeness (QED) is 0.551. The third-order valence-electron chi connectivity index (χ3n) is 5.95. The number of aryl methyl sites for hydroxylation is 1. The highest BCUT2D eigenvalue weighted by molar-refractivity contribution is 5.70. The van der Waals surface area contributed by atoms with E-state index in [0.717, 1.165) is 31.4 Å². The van der Waals surface area contributed by atoms with Crippen LogP contribution in [0.3, 0.4) is 0 Å². The molecule has 4 heteroatoms. The third kappa shape index (κ3) is 4.32. The van der Waals surface area contributed by atoms with Gasteiger partial charge in [0.05, 0.1) is 18.8 Å². The van der Waals surface area contributed by atoms with Crippen molar-refractivity contribution in [2.75, 3.05) is 6.61 Å². The molecule has 1 atom stereocenters. The summed E-state index contributed by atoms with van der Waals surface area (Å²) in [5.74, 6) is 1.48.